The standard InChI is InChI=1S/C9H19BrO/c1-4-5-9(7-10)6-8(2)11-3/h8-9H,4-7H2,1-3H3. The van der Waals surface area contributed by atoms with Gasteiger partial charge in [-0.15, -0.1) is 0 Å². The first-order valence-corrected chi connectivity index (χ1v) is 5.45. The van der Waals surface area contributed by atoms with E-state index >= 15 is 0 Å². The maximum Gasteiger partial charge on any atom is 0.0546 e. The Labute approximate surface area is 78.6 Å². The summed E-state index contributed by atoms with van der Waals surface area (Å²) >= 11 is 3.52. The van der Waals surface area contributed by atoms with Crippen LogP contribution in [0.5, 0.6) is 0 Å². The van der Waals surface area contributed by atoms with E-state index in [1.54, 1.807) is 7.11 Å². The van der Waals surface area contributed by atoms with Crippen LogP contribution in [0.15, 0.2) is 0 Å². The van der Waals surface area contributed by atoms with Gasteiger partial charge in [0.25, 0.3) is 0 Å². The Morgan fingerprint density at radius 2 is 2.09 bits per heavy atom. The van der Waals surface area contributed by atoms with E-state index in [9.17, 15) is 0 Å². The van der Waals surface area contributed by atoms with Crippen molar-refractivity contribution in [1.82, 2.24) is 0 Å². The Morgan fingerprint density at radius 3 is 2.45 bits per heavy atom. The minimum Gasteiger partial charge on any atom is -0.382 e. The van der Waals surface area contributed by atoms with Crippen molar-refractivity contribution < 1.29 is 4.74 Å². The number of hydrogen-bond acceptors (Lipinski definition) is 1. The van der Waals surface area contributed by atoms with Crippen LogP contribution in [-0.4, -0.2) is 18.5 Å². The van der Waals surface area contributed by atoms with Gasteiger partial charge in [0.2, 0.25) is 0 Å². The molecule has 0 saturated heterocycles. The normalized spacial score (nSPS) is 16.4. The molecule has 0 N–H and O–H groups in total. The van der Waals surface area contributed by atoms with Crippen molar-refractivity contribution in [3.8, 4) is 0 Å². The highest BCUT2D eigenvalue weighted by molar-refractivity contribution is 9.09. The Hall–Kier alpha value is 0.440. The van der Waals surface area contributed by atoms with Gasteiger partial charge in [-0.2, -0.15) is 0 Å². The minimum absolute atomic E-state index is 0.407. The van der Waals surface area contributed by atoms with E-state index < -0.39 is 0 Å². The second-order valence-corrected chi connectivity index (χ2v) is 3.74. The molecule has 0 aliphatic carbocycles. The summed E-state index contributed by atoms with van der Waals surface area (Å²) in [7, 11) is 1.78. The second-order valence-electron chi connectivity index (χ2n) is 3.09. The third-order valence-electron chi connectivity index (χ3n) is 1.98. The van der Waals surface area contributed by atoms with Crippen LogP contribution in [0, 0.1) is 5.92 Å². The molecular formula is C9H19BrO. The molecule has 0 amide bonds. The molecular weight excluding hydrogens is 204 g/mol. The quantitative estimate of drug-likeness (QED) is 0.628. The molecule has 0 aliphatic heterocycles. The molecule has 0 aromatic carbocycles. The summed E-state index contributed by atoms with van der Waals surface area (Å²) < 4.78 is 5.21. The Morgan fingerprint density at radius 1 is 1.45 bits per heavy atom. The zero-order chi connectivity index (χ0) is 8.69. The van der Waals surface area contributed by atoms with Crippen LogP contribution in [0.25, 0.3) is 0 Å². The Balaban J connectivity index is 3.49. The zero-order valence-electron chi connectivity index (χ0n) is 7.77. The van der Waals surface area contributed by atoms with E-state index in [0.717, 1.165) is 11.2 Å². The largest absolute Gasteiger partial charge is 0.382 e. The molecule has 2 atom stereocenters. The number of methoxy groups -OCH3 is 1. The summed E-state index contributed by atoms with van der Waals surface area (Å²) in [4.78, 5) is 0. The molecule has 0 fully saturated rings. The SMILES string of the molecule is CCCC(CBr)CC(C)OC. The van der Waals surface area contributed by atoms with Crippen LogP contribution >= 0.6 is 15.9 Å². The van der Waals surface area contributed by atoms with Crippen molar-refractivity contribution in [3.05, 3.63) is 0 Å². The predicted octanol–water partition coefficient (Wildman–Crippen LogP) is 3.22. The van der Waals surface area contributed by atoms with E-state index in [1.165, 1.54) is 19.3 Å². The molecule has 0 saturated carbocycles. The van der Waals surface area contributed by atoms with Crippen LogP contribution in [0.4, 0.5) is 0 Å². The van der Waals surface area contributed by atoms with Gasteiger partial charge in [-0.05, 0) is 25.7 Å². The number of rotatable bonds is 6. The highest BCUT2D eigenvalue weighted by atomic mass is 79.9. The number of hydrogen-bond donors (Lipinski definition) is 0. The molecule has 0 radical (unpaired) electrons. The molecule has 0 rings (SSSR count). The average molecular weight is 223 g/mol. The Bertz CT molecular complexity index is 85.6. The Kier molecular flexibility index (Phi) is 7.39. The van der Waals surface area contributed by atoms with E-state index in [1.807, 2.05) is 0 Å². The lowest BCUT2D eigenvalue weighted by Gasteiger charge is -2.16. The topological polar surface area (TPSA) is 9.23 Å². The lowest BCUT2D eigenvalue weighted by atomic mass is 9.99. The smallest absolute Gasteiger partial charge is 0.0546 e. The van der Waals surface area contributed by atoms with Crippen molar-refractivity contribution in [2.75, 3.05) is 12.4 Å². The number of alkyl halides is 1. The maximum atomic E-state index is 5.21. The summed E-state index contributed by atoms with van der Waals surface area (Å²) in [5.74, 6) is 0.787. The first-order chi connectivity index (χ1) is 5.24. The molecule has 11 heavy (non-hydrogen) atoms. The van der Waals surface area contributed by atoms with Gasteiger partial charge in [0.15, 0.2) is 0 Å². The van der Waals surface area contributed by atoms with Gasteiger partial charge in [0, 0.05) is 12.4 Å². The van der Waals surface area contributed by atoms with Gasteiger partial charge in [0.1, 0.15) is 0 Å². The zero-order valence-corrected chi connectivity index (χ0v) is 9.36. The van der Waals surface area contributed by atoms with Crippen molar-refractivity contribution in [3.63, 3.8) is 0 Å². The molecule has 0 bridgehead atoms. The lowest BCUT2D eigenvalue weighted by molar-refractivity contribution is 0.0968. The fraction of sp³-hybridized carbons (Fsp3) is 1.00. The summed E-state index contributed by atoms with van der Waals surface area (Å²) in [5.41, 5.74) is 0. The average Bonchev–Trinajstić information content (AvgIpc) is 2.03. The molecule has 0 heterocycles. The highest BCUT2D eigenvalue weighted by Crippen LogP contribution is 2.17. The summed E-state index contributed by atoms with van der Waals surface area (Å²) in [5, 5.41) is 1.11. The molecule has 1 nitrogen and oxygen atoms in total. The van der Waals surface area contributed by atoms with Crippen molar-refractivity contribution in [1.29, 1.82) is 0 Å². The van der Waals surface area contributed by atoms with Gasteiger partial charge in [-0.1, -0.05) is 29.3 Å². The van der Waals surface area contributed by atoms with Crippen LogP contribution in [0.1, 0.15) is 33.1 Å². The van der Waals surface area contributed by atoms with E-state index in [4.69, 9.17) is 4.74 Å². The highest BCUT2D eigenvalue weighted by Gasteiger charge is 2.09. The van der Waals surface area contributed by atoms with Crippen molar-refractivity contribution in [2.45, 2.75) is 39.2 Å². The van der Waals surface area contributed by atoms with Crippen LogP contribution in [0.3, 0.4) is 0 Å². The summed E-state index contributed by atoms with van der Waals surface area (Å²) in [6.45, 7) is 4.36. The third-order valence-corrected chi connectivity index (χ3v) is 2.90. The van der Waals surface area contributed by atoms with Crippen LogP contribution in [0.2, 0.25) is 0 Å². The van der Waals surface area contributed by atoms with Crippen molar-refractivity contribution >= 4 is 15.9 Å². The lowest BCUT2D eigenvalue weighted by Crippen LogP contribution is -2.13. The van der Waals surface area contributed by atoms with E-state index in [2.05, 4.69) is 29.8 Å². The summed E-state index contributed by atoms with van der Waals surface area (Å²) in [6.07, 6.45) is 4.16. The molecule has 2 unspecified atom stereocenters. The minimum atomic E-state index is 0.407. The van der Waals surface area contributed by atoms with Crippen molar-refractivity contribution in [2.24, 2.45) is 5.92 Å². The van der Waals surface area contributed by atoms with Crippen LogP contribution in [-0.2, 0) is 4.74 Å². The van der Waals surface area contributed by atoms with Gasteiger partial charge in [-0.25, -0.2) is 0 Å². The second kappa shape index (κ2) is 7.11. The van der Waals surface area contributed by atoms with Gasteiger partial charge >= 0.3 is 0 Å². The third kappa shape index (κ3) is 5.68. The molecule has 0 aromatic rings. The molecule has 2 heteroatoms. The molecule has 0 spiro atoms. The van der Waals surface area contributed by atoms with Gasteiger partial charge < -0.3 is 4.74 Å². The molecule has 0 aliphatic rings. The monoisotopic (exact) mass is 222 g/mol. The first kappa shape index (κ1) is 11.4. The van der Waals surface area contributed by atoms with Gasteiger partial charge in [-0.3, -0.25) is 0 Å². The first-order valence-electron chi connectivity index (χ1n) is 4.33. The maximum absolute atomic E-state index is 5.21. The summed E-state index contributed by atoms with van der Waals surface area (Å²) in [6, 6.07) is 0. The number of ether oxygens (including phenoxy) is 1. The van der Waals surface area contributed by atoms with Gasteiger partial charge in [0.05, 0.1) is 6.10 Å². The molecule has 68 valence electrons. The fourth-order valence-corrected chi connectivity index (χ4v) is 1.82. The predicted molar refractivity (Wildman–Crippen MR) is 53.3 cm³/mol. The van der Waals surface area contributed by atoms with Crippen LogP contribution < -0.4 is 0 Å². The number of halogens is 1. The van der Waals surface area contributed by atoms with E-state index in [-0.39, 0.29) is 0 Å². The molecule has 0 aromatic heterocycles. The fourth-order valence-electron chi connectivity index (χ4n) is 1.23. The van der Waals surface area contributed by atoms with E-state index in [0.29, 0.717) is 6.10 Å².